The van der Waals surface area contributed by atoms with Crippen LogP contribution in [0.4, 0.5) is 13.2 Å². The van der Waals surface area contributed by atoms with E-state index in [0.717, 1.165) is 0 Å². The molecule has 15 heavy (non-hydrogen) atoms. The molecule has 8 heteroatoms. The first kappa shape index (κ1) is 11.5. The Hall–Kier alpha value is -1.60. The maximum atomic E-state index is 11.8. The van der Waals surface area contributed by atoms with Gasteiger partial charge in [0.1, 0.15) is 5.82 Å². The number of hydrogen-bond acceptors (Lipinski definition) is 5. The Balaban J connectivity index is 2.53. The van der Waals surface area contributed by atoms with Gasteiger partial charge in [-0.2, -0.15) is 13.2 Å². The predicted molar refractivity (Wildman–Crippen MR) is 47.5 cm³/mol. The van der Waals surface area contributed by atoms with Crippen LogP contribution in [0.5, 0.6) is 0 Å². The van der Waals surface area contributed by atoms with Crippen molar-refractivity contribution >= 4 is 5.90 Å². The molecule has 1 aliphatic heterocycles. The third-order valence-corrected chi connectivity index (χ3v) is 1.48. The van der Waals surface area contributed by atoms with Crippen molar-refractivity contribution in [2.45, 2.75) is 6.18 Å². The molecule has 0 spiro atoms. The number of hydrogen-bond donors (Lipinski definition) is 2. The van der Waals surface area contributed by atoms with E-state index in [1.807, 2.05) is 0 Å². The van der Waals surface area contributed by atoms with Crippen LogP contribution in [0, 0.1) is 0 Å². The Labute approximate surface area is 84.5 Å². The molecular formula is C7H11F3N4O. The quantitative estimate of drug-likeness (QED) is 0.712. The van der Waals surface area contributed by atoms with Crippen LogP contribution in [0.15, 0.2) is 17.0 Å². The Morgan fingerprint density at radius 2 is 2.13 bits per heavy atom. The molecule has 0 amide bonds. The van der Waals surface area contributed by atoms with Gasteiger partial charge in [0.15, 0.2) is 6.61 Å². The lowest BCUT2D eigenvalue weighted by atomic mass is 10.5. The second-order valence-corrected chi connectivity index (χ2v) is 3.01. The highest BCUT2D eigenvalue weighted by Crippen LogP contribution is 2.15. The van der Waals surface area contributed by atoms with E-state index in [-0.39, 0.29) is 5.90 Å². The lowest BCUT2D eigenvalue weighted by Crippen LogP contribution is -2.38. The number of halogens is 3. The van der Waals surface area contributed by atoms with Crippen molar-refractivity contribution in [3.63, 3.8) is 0 Å². The summed E-state index contributed by atoms with van der Waals surface area (Å²) in [4.78, 5) is 1.67. The van der Waals surface area contributed by atoms with Gasteiger partial charge in [-0.05, 0) is 0 Å². The molecule has 0 bridgehead atoms. The van der Waals surface area contributed by atoms with Crippen LogP contribution in [0.2, 0.25) is 0 Å². The summed E-state index contributed by atoms with van der Waals surface area (Å²) in [5, 5.41) is 3.50. The van der Waals surface area contributed by atoms with Gasteiger partial charge in [-0.25, -0.2) is 5.53 Å². The van der Waals surface area contributed by atoms with Crippen molar-refractivity contribution in [1.82, 2.24) is 15.9 Å². The largest absolute Gasteiger partial charge is 0.467 e. The average molecular weight is 224 g/mol. The van der Waals surface area contributed by atoms with E-state index in [1.54, 1.807) is 19.0 Å². The van der Waals surface area contributed by atoms with Gasteiger partial charge >= 0.3 is 6.18 Å². The van der Waals surface area contributed by atoms with Crippen LogP contribution in [0.1, 0.15) is 0 Å². The normalized spacial score (nSPS) is 15.8. The summed E-state index contributed by atoms with van der Waals surface area (Å²) in [6.07, 6.45) is -3.00. The molecule has 1 rings (SSSR count). The standard InChI is InChI=1S/C7H11F3N4O/c1-14(2)5-3-6(12-13-11-5)15-4-7(8,9)10/h3,11,13H,4H2,1-2H3. The van der Waals surface area contributed by atoms with Gasteiger partial charge in [-0.15, -0.1) is 5.10 Å². The van der Waals surface area contributed by atoms with Gasteiger partial charge in [0.25, 0.3) is 0 Å². The summed E-state index contributed by atoms with van der Waals surface area (Å²) < 4.78 is 39.9. The Bertz CT molecular complexity index is 284. The molecule has 2 N–H and O–H groups in total. The molecule has 5 nitrogen and oxygen atoms in total. The molecule has 0 atom stereocenters. The summed E-state index contributed by atoms with van der Waals surface area (Å²) in [6.45, 7) is -1.36. The maximum absolute atomic E-state index is 11.8. The zero-order valence-electron chi connectivity index (χ0n) is 8.22. The van der Waals surface area contributed by atoms with E-state index in [9.17, 15) is 13.2 Å². The van der Waals surface area contributed by atoms with Gasteiger partial charge in [0.2, 0.25) is 5.90 Å². The van der Waals surface area contributed by atoms with Crippen LogP contribution < -0.4 is 11.0 Å². The topological polar surface area (TPSA) is 48.9 Å². The summed E-state index contributed by atoms with van der Waals surface area (Å²) in [5.74, 6) is 0.442. The van der Waals surface area contributed by atoms with Crippen LogP contribution in [-0.4, -0.2) is 37.7 Å². The summed E-state index contributed by atoms with van der Waals surface area (Å²) in [5.41, 5.74) is 4.97. The molecule has 0 radical (unpaired) electrons. The number of nitrogens with one attached hydrogen (secondary N) is 2. The Morgan fingerprint density at radius 3 is 2.67 bits per heavy atom. The summed E-state index contributed by atoms with van der Waals surface area (Å²) >= 11 is 0. The van der Waals surface area contributed by atoms with Crippen molar-refractivity contribution in [1.29, 1.82) is 0 Å². The molecule has 0 saturated carbocycles. The highest BCUT2D eigenvalue weighted by Gasteiger charge is 2.29. The molecule has 0 fully saturated rings. The number of alkyl halides is 3. The molecular weight excluding hydrogens is 213 g/mol. The molecule has 0 aliphatic carbocycles. The first-order valence-electron chi connectivity index (χ1n) is 4.06. The maximum Gasteiger partial charge on any atom is 0.422 e. The van der Waals surface area contributed by atoms with Gasteiger partial charge in [-0.1, -0.05) is 0 Å². The molecule has 86 valence electrons. The Morgan fingerprint density at radius 1 is 1.47 bits per heavy atom. The van der Waals surface area contributed by atoms with E-state index in [1.165, 1.54) is 6.08 Å². The lowest BCUT2D eigenvalue weighted by Gasteiger charge is -2.22. The second-order valence-electron chi connectivity index (χ2n) is 3.01. The summed E-state index contributed by atoms with van der Waals surface area (Å²) in [6, 6.07) is 0. The van der Waals surface area contributed by atoms with Crippen LogP contribution in [-0.2, 0) is 4.74 Å². The van der Waals surface area contributed by atoms with E-state index in [4.69, 9.17) is 0 Å². The average Bonchev–Trinajstić information content (AvgIpc) is 2.14. The molecule has 0 aromatic carbocycles. The zero-order chi connectivity index (χ0) is 11.5. The first-order valence-corrected chi connectivity index (χ1v) is 4.06. The van der Waals surface area contributed by atoms with Gasteiger partial charge < -0.3 is 9.64 Å². The van der Waals surface area contributed by atoms with E-state index in [2.05, 4.69) is 20.8 Å². The van der Waals surface area contributed by atoms with Gasteiger partial charge in [0.05, 0.1) is 0 Å². The van der Waals surface area contributed by atoms with E-state index in [0.29, 0.717) is 5.82 Å². The van der Waals surface area contributed by atoms with Crippen LogP contribution in [0.3, 0.4) is 0 Å². The third kappa shape index (κ3) is 3.96. The summed E-state index contributed by atoms with van der Waals surface area (Å²) in [7, 11) is 3.46. The first-order chi connectivity index (χ1) is 6.88. The Kier molecular flexibility index (Phi) is 3.28. The fraction of sp³-hybridized carbons (Fsp3) is 0.571. The number of hydrazine groups is 1. The van der Waals surface area contributed by atoms with Crippen molar-refractivity contribution in [3.05, 3.63) is 11.9 Å². The molecule has 1 heterocycles. The van der Waals surface area contributed by atoms with Gasteiger partial charge in [0, 0.05) is 20.2 Å². The third-order valence-electron chi connectivity index (χ3n) is 1.48. The smallest absolute Gasteiger partial charge is 0.422 e. The van der Waals surface area contributed by atoms with E-state index >= 15 is 0 Å². The number of hydrazone groups is 1. The van der Waals surface area contributed by atoms with E-state index < -0.39 is 12.8 Å². The molecule has 1 aliphatic rings. The fourth-order valence-corrected chi connectivity index (χ4v) is 0.796. The molecule has 0 saturated heterocycles. The highest BCUT2D eigenvalue weighted by molar-refractivity contribution is 5.88. The minimum atomic E-state index is -4.36. The van der Waals surface area contributed by atoms with Crippen molar-refractivity contribution < 1.29 is 17.9 Å². The number of rotatable bonds is 2. The van der Waals surface area contributed by atoms with Crippen LogP contribution in [0.25, 0.3) is 0 Å². The molecule has 0 aromatic rings. The highest BCUT2D eigenvalue weighted by atomic mass is 19.4. The SMILES string of the molecule is CN(C)C1=CC(OCC(F)(F)F)=NNN1. The minimum absolute atomic E-state index is 0.116. The minimum Gasteiger partial charge on any atom is -0.467 e. The number of ether oxygens (including phenoxy) is 1. The predicted octanol–water partition coefficient (Wildman–Crippen LogP) is 0.390. The van der Waals surface area contributed by atoms with Crippen molar-refractivity contribution in [3.8, 4) is 0 Å². The lowest BCUT2D eigenvalue weighted by molar-refractivity contribution is -0.156. The molecule has 0 aromatic heterocycles. The zero-order valence-corrected chi connectivity index (χ0v) is 8.22. The molecule has 0 unspecified atom stereocenters. The second kappa shape index (κ2) is 4.28. The van der Waals surface area contributed by atoms with Crippen molar-refractivity contribution in [2.75, 3.05) is 20.7 Å². The van der Waals surface area contributed by atoms with Crippen molar-refractivity contribution in [2.24, 2.45) is 5.10 Å². The van der Waals surface area contributed by atoms with Crippen LogP contribution >= 0.6 is 0 Å². The number of nitrogens with zero attached hydrogens (tertiary/aromatic N) is 2. The van der Waals surface area contributed by atoms with Gasteiger partial charge in [-0.3, -0.25) is 5.43 Å². The monoisotopic (exact) mass is 224 g/mol. The fourth-order valence-electron chi connectivity index (χ4n) is 0.796.